The Morgan fingerprint density at radius 3 is 2.50 bits per heavy atom. The molecule has 2 heterocycles. The molecule has 1 N–H and O–H groups in total. The molecule has 1 atom stereocenters. The average molecular weight is 353 g/mol. The topological polar surface area (TPSA) is 71.5 Å². The first-order valence-electron chi connectivity index (χ1n) is 8.49. The summed E-state index contributed by atoms with van der Waals surface area (Å²) in [6.07, 6.45) is 0. The molecule has 0 saturated heterocycles. The van der Waals surface area contributed by atoms with Crippen LogP contribution in [0, 0.1) is 13.8 Å². The molecule has 6 heteroatoms. The first kappa shape index (κ1) is 17.9. The monoisotopic (exact) mass is 353 g/mol. The fourth-order valence-corrected chi connectivity index (χ4v) is 2.69. The minimum atomic E-state index is -0.276. The number of nitrogens with one attached hydrogen (secondary N) is 1. The number of carbonyl (C=O) groups excluding carboxylic acids is 1. The number of hydrogen-bond donors (Lipinski definition) is 1. The van der Waals surface area contributed by atoms with E-state index in [1.54, 1.807) is 6.07 Å². The Morgan fingerprint density at radius 1 is 1.15 bits per heavy atom. The maximum Gasteiger partial charge on any atom is 0.273 e. The van der Waals surface area contributed by atoms with Crippen LogP contribution in [0.1, 0.15) is 33.6 Å². The highest BCUT2D eigenvalue weighted by Gasteiger charge is 2.20. The third-order valence-electron chi connectivity index (χ3n) is 4.25. The molecule has 0 fully saturated rings. The number of carbonyl (C=O) groups is 1. The largest absolute Gasteiger partial charge is 0.465 e. The van der Waals surface area contributed by atoms with Crippen molar-refractivity contribution in [2.75, 3.05) is 20.6 Å². The van der Waals surface area contributed by atoms with Crippen LogP contribution >= 0.6 is 0 Å². The third kappa shape index (κ3) is 4.03. The van der Waals surface area contributed by atoms with Gasteiger partial charge in [0, 0.05) is 18.2 Å². The maximum atomic E-state index is 12.4. The van der Waals surface area contributed by atoms with Gasteiger partial charge < -0.3 is 14.3 Å². The van der Waals surface area contributed by atoms with Crippen molar-refractivity contribution in [1.82, 2.24) is 15.4 Å². The van der Waals surface area contributed by atoms with E-state index in [4.69, 9.17) is 8.94 Å². The van der Waals surface area contributed by atoms with E-state index >= 15 is 0 Å². The van der Waals surface area contributed by atoms with Crippen LogP contribution in [0.15, 0.2) is 51.4 Å². The number of amides is 1. The molecule has 136 valence electrons. The molecule has 6 nitrogen and oxygen atoms in total. The van der Waals surface area contributed by atoms with E-state index in [1.165, 1.54) is 0 Å². The number of benzene rings is 1. The second-order valence-corrected chi connectivity index (χ2v) is 6.58. The third-order valence-corrected chi connectivity index (χ3v) is 4.25. The van der Waals surface area contributed by atoms with Crippen molar-refractivity contribution in [3.8, 4) is 11.3 Å². The van der Waals surface area contributed by atoms with Gasteiger partial charge in [-0.2, -0.15) is 0 Å². The van der Waals surface area contributed by atoms with Gasteiger partial charge in [0.15, 0.2) is 11.5 Å². The molecule has 3 aromatic rings. The summed E-state index contributed by atoms with van der Waals surface area (Å²) < 4.78 is 11.0. The van der Waals surface area contributed by atoms with Crippen molar-refractivity contribution in [2.45, 2.75) is 19.9 Å². The molecule has 1 aromatic carbocycles. The van der Waals surface area contributed by atoms with Gasteiger partial charge in [-0.05, 0) is 40.1 Å². The van der Waals surface area contributed by atoms with Gasteiger partial charge in [-0.25, -0.2) is 0 Å². The summed E-state index contributed by atoms with van der Waals surface area (Å²) in [5.74, 6) is 1.95. The van der Waals surface area contributed by atoms with Gasteiger partial charge in [0.2, 0.25) is 0 Å². The average Bonchev–Trinajstić information content (AvgIpc) is 3.25. The minimum Gasteiger partial charge on any atom is -0.465 e. The Bertz CT molecular complexity index is 878. The molecule has 0 spiro atoms. The lowest BCUT2D eigenvalue weighted by molar-refractivity contribution is 0.0930. The van der Waals surface area contributed by atoms with Crippen LogP contribution in [-0.2, 0) is 0 Å². The van der Waals surface area contributed by atoms with Crippen LogP contribution in [0.5, 0.6) is 0 Å². The van der Waals surface area contributed by atoms with Crippen LogP contribution in [0.4, 0.5) is 0 Å². The van der Waals surface area contributed by atoms with Gasteiger partial charge in [-0.15, -0.1) is 0 Å². The quantitative estimate of drug-likeness (QED) is 0.733. The molecule has 0 saturated carbocycles. The van der Waals surface area contributed by atoms with Gasteiger partial charge in [-0.1, -0.05) is 35.0 Å². The summed E-state index contributed by atoms with van der Waals surface area (Å²) in [6.45, 7) is 4.33. The number of furan rings is 1. The molecule has 26 heavy (non-hydrogen) atoms. The lowest BCUT2D eigenvalue weighted by Crippen LogP contribution is -2.34. The Labute approximate surface area is 152 Å². The van der Waals surface area contributed by atoms with E-state index in [2.05, 4.69) is 10.5 Å². The molecule has 0 aliphatic carbocycles. The highest BCUT2D eigenvalue weighted by molar-refractivity contribution is 5.93. The lowest BCUT2D eigenvalue weighted by Gasteiger charge is -2.22. The molecule has 1 amide bonds. The number of aryl methyl sites for hydroxylation is 2. The molecule has 0 bridgehead atoms. The molecular formula is C20H23N3O3. The fraction of sp³-hybridized carbons (Fsp3) is 0.300. The van der Waals surface area contributed by atoms with Crippen molar-refractivity contribution in [3.05, 3.63) is 65.2 Å². The number of nitrogens with zero attached hydrogens (tertiary/aromatic N) is 2. The van der Waals surface area contributed by atoms with E-state index in [9.17, 15) is 4.79 Å². The molecule has 2 aromatic heterocycles. The zero-order valence-corrected chi connectivity index (χ0v) is 15.4. The van der Waals surface area contributed by atoms with Crippen LogP contribution in [0.25, 0.3) is 11.3 Å². The normalized spacial score (nSPS) is 12.3. The first-order chi connectivity index (χ1) is 12.4. The van der Waals surface area contributed by atoms with Crippen LogP contribution < -0.4 is 5.32 Å². The highest BCUT2D eigenvalue weighted by Crippen LogP contribution is 2.22. The van der Waals surface area contributed by atoms with Gasteiger partial charge in [0.1, 0.15) is 11.5 Å². The first-order valence-corrected chi connectivity index (χ1v) is 8.49. The van der Waals surface area contributed by atoms with E-state index in [-0.39, 0.29) is 17.6 Å². The number of hydrogen-bond acceptors (Lipinski definition) is 5. The van der Waals surface area contributed by atoms with Gasteiger partial charge >= 0.3 is 0 Å². The number of rotatable bonds is 6. The summed E-state index contributed by atoms with van der Waals surface area (Å²) in [5, 5.41) is 6.79. The molecule has 0 aliphatic heterocycles. The second kappa shape index (κ2) is 7.58. The standard InChI is InChI=1S/C20H23N3O3/c1-13-5-8-15(9-6-13)19-11-16(22-26-19)20(24)21-12-17(23(3)4)18-10-7-14(2)25-18/h5-11,17H,12H2,1-4H3,(H,21,24). The second-order valence-electron chi connectivity index (χ2n) is 6.58. The van der Waals surface area contributed by atoms with Gasteiger partial charge in [0.25, 0.3) is 5.91 Å². The molecule has 1 unspecified atom stereocenters. The zero-order chi connectivity index (χ0) is 18.7. The van der Waals surface area contributed by atoms with Gasteiger partial charge in [0.05, 0.1) is 6.04 Å². The predicted octanol–water partition coefficient (Wildman–Crippen LogP) is 3.58. The molecule has 3 rings (SSSR count). The van der Waals surface area contributed by atoms with E-state index in [0.29, 0.717) is 12.3 Å². The van der Waals surface area contributed by atoms with Crippen LogP contribution in [0.3, 0.4) is 0 Å². The van der Waals surface area contributed by atoms with E-state index in [0.717, 1.165) is 22.6 Å². The predicted molar refractivity (Wildman–Crippen MR) is 98.9 cm³/mol. The number of aromatic nitrogens is 1. The summed E-state index contributed by atoms with van der Waals surface area (Å²) in [4.78, 5) is 14.4. The Morgan fingerprint density at radius 2 is 1.88 bits per heavy atom. The fourth-order valence-electron chi connectivity index (χ4n) is 2.69. The summed E-state index contributed by atoms with van der Waals surface area (Å²) in [6, 6.07) is 13.3. The van der Waals surface area contributed by atoms with Crippen LogP contribution in [0.2, 0.25) is 0 Å². The Balaban J connectivity index is 1.67. The van der Waals surface area contributed by atoms with Gasteiger partial charge in [-0.3, -0.25) is 9.69 Å². The zero-order valence-electron chi connectivity index (χ0n) is 15.4. The minimum absolute atomic E-state index is 0.0591. The summed E-state index contributed by atoms with van der Waals surface area (Å²) in [5.41, 5.74) is 2.31. The summed E-state index contributed by atoms with van der Waals surface area (Å²) >= 11 is 0. The maximum absolute atomic E-state index is 12.4. The smallest absolute Gasteiger partial charge is 0.273 e. The highest BCUT2D eigenvalue weighted by atomic mass is 16.5. The molecule has 0 aliphatic rings. The van der Waals surface area contributed by atoms with Crippen molar-refractivity contribution in [1.29, 1.82) is 0 Å². The lowest BCUT2D eigenvalue weighted by atomic mass is 10.1. The Hall–Kier alpha value is -2.86. The summed E-state index contributed by atoms with van der Waals surface area (Å²) in [7, 11) is 3.89. The molecule has 0 radical (unpaired) electrons. The van der Waals surface area contributed by atoms with E-state index in [1.807, 2.05) is 69.2 Å². The Kier molecular flexibility index (Phi) is 5.23. The van der Waals surface area contributed by atoms with Crippen molar-refractivity contribution in [3.63, 3.8) is 0 Å². The van der Waals surface area contributed by atoms with Crippen molar-refractivity contribution in [2.24, 2.45) is 0 Å². The van der Waals surface area contributed by atoms with E-state index < -0.39 is 0 Å². The van der Waals surface area contributed by atoms with Crippen LogP contribution in [-0.4, -0.2) is 36.6 Å². The SMILES string of the molecule is Cc1ccc(-c2cc(C(=O)NCC(c3ccc(C)o3)N(C)C)no2)cc1. The van der Waals surface area contributed by atoms with Crippen molar-refractivity contribution < 1.29 is 13.7 Å². The van der Waals surface area contributed by atoms with Crippen molar-refractivity contribution >= 4 is 5.91 Å². The molecular weight excluding hydrogens is 330 g/mol. The number of likely N-dealkylation sites (N-methyl/N-ethyl adjacent to an activating group) is 1.